The van der Waals surface area contributed by atoms with Crippen LogP contribution in [0.5, 0.6) is 0 Å². The number of aryl methyl sites for hydroxylation is 1. The molecule has 0 radical (unpaired) electrons. The molecule has 2 fully saturated rings. The zero-order valence-corrected chi connectivity index (χ0v) is 8.88. The van der Waals surface area contributed by atoms with Crippen molar-refractivity contribution in [3.05, 3.63) is 29.8 Å². The highest BCUT2D eigenvalue weighted by Crippen LogP contribution is 2.47. The number of imide groups is 1. The summed E-state index contributed by atoms with van der Waals surface area (Å²) in [7, 11) is 0. The number of nitrogens with zero attached hydrogens (tertiary/aromatic N) is 1. The molecule has 2 aliphatic rings. The fourth-order valence-corrected chi connectivity index (χ4v) is 2.33. The van der Waals surface area contributed by atoms with Gasteiger partial charge < -0.3 is 5.73 Å². The second-order valence-corrected chi connectivity index (χ2v) is 4.48. The number of fused-ring (bicyclic) bond motifs is 1. The molecule has 1 saturated heterocycles. The van der Waals surface area contributed by atoms with Gasteiger partial charge >= 0.3 is 0 Å². The van der Waals surface area contributed by atoms with Crippen molar-refractivity contribution in [1.29, 1.82) is 0 Å². The Hall–Kier alpha value is -1.68. The van der Waals surface area contributed by atoms with Gasteiger partial charge in [-0.2, -0.15) is 0 Å². The van der Waals surface area contributed by atoms with E-state index in [0.717, 1.165) is 5.56 Å². The maximum absolute atomic E-state index is 11.9. The number of hydrogen-bond acceptors (Lipinski definition) is 3. The van der Waals surface area contributed by atoms with Crippen molar-refractivity contribution in [3.8, 4) is 0 Å². The summed E-state index contributed by atoms with van der Waals surface area (Å²) in [5, 5.41) is 0. The third-order valence-corrected chi connectivity index (χ3v) is 3.38. The number of benzene rings is 1. The summed E-state index contributed by atoms with van der Waals surface area (Å²) in [6.45, 7) is 1.96. The van der Waals surface area contributed by atoms with Crippen molar-refractivity contribution in [2.24, 2.45) is 17.6 Å². The van der Waals surface area contributed by atoms with Gasteiger partial charge in [-0.05, 0) is 19.1 Å². The first-order chi connectivity index (χ1) is 7.61. The molecule has 1 aliphatic heterocycles. The maximum atomic E-state index is 11.9. The lowest BCUT2D eigenvalue weighted by atomic mass is 10.2. The van der Waals surface area contributed by atoms with E-state index < -0.39 is 0 Å². The highest BCUT2D eigenvalue weighted by atomic mass is 16.2. The highest BCUT2D eigenvalue weighted by molar-refractivity contribution is 6.25. The van der Waals surface area contributed by atoms with Crippen LogP contribution in [0.1, 0.15) is 5.56 Å². The number of carbonyl (C=O) groups excluding carboxylic acids is 2. The normalized spacial score (nSPS) is 31.9. The molecule has 1 heterocycles. The molecule has 1 aromatic carbocycles. The Balaban J connectivity index is 1.95. The molecule has 1 aliphatic carbocycles. The van der Waals surface area contributed by atoms with Crippen LogP contribution in [0.3, 0.4) is 0 Å². The zero-order valence-electron chi connectivity index (χ0n) is 8.88. The molecular formula is C12H12N2O2. The third-order valence-electron chi connectivity index (χ3n) is 3.38. The van der Waals surface area contributed by atoms with Crippen LogP contribution in [0.15, 0.2) is 24.3 Å². The molecule has 2 N–H and O–H groups in total. The minimum absolute atomic E-state index is 0.147. The smallest absolute Gasteiger partial charge is 0.239 e. The summed E-state index contributed by atoms with van der Waals surface area (Å²) in [5.41, 5.74) is 7.40. The molecule has 4 heteroatoms. The van der Waals surface area contributed by atoms with E-state index in [4.69, 9.17) is 5.73 Å². The first kappa shape index (κ1) is 9.54. The lowest BCUT2D eigenvalue weighted by Gasteiger charge is -2.17. The summed E-state index contributed by atoms with van der Waals surface area (Å²) >= 11 is 0. The molecular weight excluding hydrogens is 204 g/mol. The molecule has 4 nitrogen and oxygen atoms in total. The summed E-state index contributed by atoms with van der Waals surface area (Å²) < 4.78 is 0. The Bertz CT molecular complexity index is 458. The molecule has 2 amide bonds. The van der Waals surface area contributed by atoms with Crippen molar-refractivity contribution in [3.63, 3.8) is 0 Å². The quantitative estimate of drug-likeness (QED) is 0.693. The van der Waals surface area contributed by atoms with Crippen LogP contribution in [0.4, 0.5) is 5.69 Å². The predicted octanol–water partition coefficient (Wildman–Crippen LogP) is 0.442. The van der Waals surface area contributed by atoms with Gasteiger partial charge in [0.1, 0.15) is 0 Å². The lowest BCUT2D eigenvalue weighted by Crippen LogP contribution is -2.37. The van der Waals surface area contributed by atoms with Crippen LogP contribution < -0.4 is 10.6 Å². The number of rotatable bonds is 1. The molecule has 0 aromatic heterocycles. The van der Waals surface area contributed by atoms with Crippen molar-refractivity contribution >= 4 is 17.5 Å². The van der Waals surface area contributed by atoms with E-state index in [1.165, 1.54) is 4.90 Å². The van der Waals surface area contributed by atoms with Crippen LogP contribution in [0.2, 0.25) is 0 Å². The molecule has 0 bridgehead atoms. The molecule has 16 heavy (non-hydrogen) atoms. The minimum Gasteiger partial charge on any atom is -0.326 e. The summed E-state index contributed by atoms with van der Waals surface area (Å²) in [4.78, 5) is 25.0. The first-order valence-electron chi connectivity index (χ1n) is 5.31. The third kappa shape index (κ3) is 1.08. The van der Waals surface area contributed by atoms with E-state index in [2.05, 4.69) is 0 Å². The van der Waals surface area contributed by atoms with E-state index in [1.54, 1.807) is 12.1 Å². The Morgan fingerprint density at radius 3 is 2.06 bits per heavy atom. The highest BCUT2D eigenvalue weighted by Gasteiger charge is 2.66. The van der Waals surface area contributed by atoms with Crippen LogP contribution in [-0.4, -0.2) is 17.9 Å². The number of amides is 2. The van der Waals surface area contributed by atoms with Gasteiger partial charge in [-0.3, -0.25) is 9.59 Å². The molecule has 3 rings (SSSR count). The molecule has 0 spiro atoms. The standard InChI is InChI=1S/C12H12N2O2/c1-6-2-4-7(5-3-6)14-11(15)8-9(10(8)13)12(14)16/h2-5,8-10H,13H2,1H3. The summed E-state index contributed by atoms with van der Waals surface area (Å²) in [5.74, 6) is -0.833. The van der Waals surface area contributed by atoms with Crippen LogP contribution in [0, 0.1) is 18.8 Å². The van der Waals surface area contributed by atoms with Gasteiger partial charge in [0, 0.05) is 6.04 Å². The zero-order chi connectivity index (χ0) is 11.4. The molecule has 1 aromatic rings. The maximum Gasteiger partial charge on any atom is 0.239 e. The molecule has 2 unspecified atom stereocenters. The second kappa shape index (κ2) is 2.92. The van der Waals surface area contributed by atoms with Gasteiger partial charge in [0.05, 0.1) is 17.5 Å². The fraction of sp³-hybridized carbons (Fsp3) is 0.333. The molecule has 1 saturated carbocycles. The molecule has 2 atom stereocenters. The van der Waals surface area contributed by atoms with Gasteiger partial charge in [-0.1, -0.05) is 17.7 Å². The number of anilines is 1. The number of nitrogens with two attached hydrogens (primary N) is 1. The average Bonchev–Trinajstić information content (AvgIpc) is 2.84. The Morgan fingerprint density at radius 1 is 1.06 bits per heavy atom. The first-order valence-corrected chi connectivity index (χ1v) is 5.31. The van der Waals surface area contributed by atoms with Gasteiger partial charge in [-0.15, -0.1) is 0 Å². The van der Waals surface area contributed by atoms with E-state index in [9.17, 15) is 9.59 Å². The topological polar surface area (TPSA) is 63.4 Å². The van der Waals surface area contributed by atoms with E-state index in [0.29, 0.717) is 5.69 Å². The SMILES string of the molecule is Cc1ccc(N2C(=O)C3C(N)C3C2=O)cc1. The van der Waals surface area contributed by atoms with Gasteiger partial charge in [0.2, 0.25) is 11.8 Å². The Morgan fingerprint density at radius 2 is 1.56 bits per heavy atom. The van der Waals surface area contributed by atoms with Crippen molar-refractivity contribution < 1.29 is 9.59 Å². The number of carbonyl (C=O) groups is 2. The van der Waals surface area contributed by atoms with Crippen LogP contribution in [-0.2, 0) is 9.59 Å². The van der Waals surface area contributed by atoms with E-state index >= 15 is 0 Å². The van der Waals surface area contributed by atoms with Gasteiger partial charge in [0.15, 0.2) is 0 Å². The predicted molar refractivity (Wildman–Crippen MR) is 58.6 cm³/mol. The summed E-state index contributed by atoms with van der Waals surface area (Å²) in [6, 6.07) is 7.12. The minimum atomic E-state index is -0.270. The molecule has 82 valence electrons. The second-order valence-electron chi connectivity index (χ2n) is 4.48. The van der Waals surface area contributed by atoms with Gasteiger partial charge in [-0.25, -0.2) is 4.90 Å². The van der Waals surface area contributed by atoms with Gasteiger partial charge in [0.25, 0.3) is 0 Å². The lowest BCUT2D eigenvalue weighted by molar-refractivity contribution is -0.123. The van der Waals surface area contributed by atoms with Crippen LogP contribution >= 0.6 is 0 Å². The van der Waals surface area contributed by atoms with E-state index in [1.807, 2.05) is 19.1 Å². The fourth-order valence-electron chi connectivity index (χ4n) is 2.33. The largest absolute Gasteiger partial charge is 0.326 e. The van der Waals surface area contributed by atoms with Crippen molar-refractivity contribution in [2.45, 2.75) is 13.0 Å². The van der Waals surface area contributed by atoms with E-state index in [-0.39, 0.29) is 29.7 Å². The summed E-state index contributed by atoms with van der Waals surface area (Å²) in [6.07, 6.45) is 0. The van der Waals surface area contributed by atoms with Crippen molar-refractivity contribution in [1.82, 2.24) is 0 Å². The van der Waals surface area contributed by atoms with Crippen LogP contribution in [0.25, 0.3) is 0 Å². The number of piperidine rings is 1. The van der Waals surface area contributed by atoms with Crippen molar-refractivity contribution in [2.75, 3.05) is 4.90 Å². The Labute approximate surface area is 93.0 Å². The number of hydrogen-bond donors (Lipinski definition) is 1. The monoisotopic (exact) mass is 216 g/mol. The average molecular weight is 216 g/mol. The Kier molecular flexibility index (Phi) is 1.74.